The predicted molar refractivity (Wildman–Crippen MR) is 107 cm³/mol. The fourth-order valence-corrected chi connectivity index (χ4v) is 3.12. The van der Waals surface area contributed by atoms with Crippen LogP contribution in [0.3, 0.4) is 0 Å². The van der Waals surface area contributed by atoms with Crippen LogP contribution in [0, 0.1) is 0 Å². The highest BCUT2D eigenvalue weighted by molar-refractivity contribution is 5.90. The van der Waals surface area contributed by atoms with Gasteiger partial charge in [-0.2, -0.15) is 8.78 Å². The summed E-state index contributed by atoms with van der Waals surface area (Å²) in [6, 6.07) is 12.7. The van der Waals surface area contributed by atoms with Gasteiger partial charge in [0.25, 0.3) is 5.89 Å². The summed E-state index contributed by atoms with van der Waals surface area (Å²) in [5, 5.41) is 16.2. The van der Waals surface area contributed by atoms with E-state index in [4.69, 9.17) is 10.2 Å². The van der Waals surface area contributed by atoms with Gasteiger partial charge in [0.2, 0.25) is 5.89 Å². The number of nitrogens with zero attached hydrogens (tertiary/aromatic N) is 7. The number of hydrogen-bond acceptors (Lipinski definition) is 8. The molecule has 0 unspecified atom stereocenters. The van der Waals surface area contributed by atoms with Gasteiger partial charge in [-0.05, 0) is 29.8 Å². The summed E-state index contributed by atoms with van der Waals surface area (Å²) < 4.78 is 31.9. The van der Waals surface area contributed by atoms with Crippen molar-refractivity contribution in [2.75, 3.05) is 5.73 Å². The number of anilines is 1. The lowest BCUT2D eigenvalue weighted by atomic mass is 10.1. The molecule has 0 saturated carbocycles. The molecule has 0 fully saturated rings. The number of benzene rings is 2. The van der Waals surface area contributed by atoms with E-state index in [9.17, 15) is 8.78 Å². The van der Waals surface area contributed by atoms with Crippen molar-refractivity contribution in [3.8, 4) is 22.7 Å². The first-order valence-corrected chi connectivity index (χ1v) is 9.18. The Bertz CT molecular complexity index is 1360. The van der Waals surface area contributed by atoms with Gasteiger partial charge in [-0.15, -0.1) is 15.3 Å². The van der Waals surface area contributed by atoms with Crippen molar-refractivity contribution in [1.82, 2.24) is 35.2 Å². The zero-order valence-corrected chi connectivity index (χ0v) is 15.9. The van der Waals surface area contributed by atoms with E-state index in [1.807, 2.05) is 36.5 Å². The minimum atomic E-state index is -2.80. The summed E-state index contributed by atoms with van der Waals surface area (Å²) in [6.07, 6.45) is 0.450. The van der Waals surface area contributed by atoms with Gasteiger partial charge in [0.1, 0.15) is 17.8 Å². The Morgan fingerprint density at radius 3 is 2.55 bits per heavy atom. The van der Waals surface area contributed by atoms with Crippen LogP contribution in [0.1, 0.15) is 17.9 Å². The van der Waals surface area contributed by atoms with E-state index in [0.717, 1.165) is 22.0 Å². The maximum absolute atomic E-state index is 12.6. The molecule has 0 radical (unpaired) electrons. The smallest absolute Gasteiger partial charge is 0.314 e. The highest BCUT2D eigenvalue weighted by Gasteiger charge is 2.17. The van der Waals surface area contributed by atoms with E-state index in [-0.39, 0.29) is 5.89 Å². The summed E-state index contributed by atoms with van der Waals surface area (Å²) >= 11 is 0. The first kappa shape index (κ1) is 18.7. The summed E-state index contributed by atoms with van der Waals surface area (Å²) in [6.45, 7) is 0.474. The van der Waals surface area contributed by atoms with Crippen LogP contribution in [0.5, 0.6) is 0 Å². The molecule has 3 aromatic heterocycles. The fourth-order valence-electron chi connectivity index (χ4n) is 3.12. The van der Waals surface area contributed by atoms with Gasteiger partial charge in [-0.3, -0.25) is 0 Å². The molecule has 9 nitrogen and oxygen atoms in total. The van der Waals surface area contributed by atoms with Gasteiger partial charge < -0.3 is 10.2 Å². The molecule has 0 aliphatic heterocycles. The molecule has 0 spiro atoms. The van der Waals surface area contributed by atoms with Crippen LogP contribution in [0.25, 0.3) is 33.6 Å². The first-order chi connectivity index (χ1) is 15.1. The molecule has 5 rings (SSSR count). The minimum Gasteiger partial charge on any atom is -0.415 e. The third-order valence-corrected chi connectivity index (χ3v) is 4.67. The maximum Gasteiger partial charge on any atom is 0.314 e. The van der Waals surface area contributed by atoms with E-state index in [1.165, 1.54) is 6.33 Å². The molecular formula is C20H14F2N8O. The SMILES string of the molecule is Nc1ncnc2cc(-c3cn(Cc4ccc(-c5nnc(C(F)F)o5)cc4)nn3)ccc12. The summed E-state index contributed by atoms with van der Waals surface area (Å²) in [5.41, 5.74) is 9.64. The lowest BCUT2D eigenvalue weighted by Gasteiger charge is -2.03. The van der Waals surface area contributed by atoms with E-state index in [0.29, 0.717) is 23.6 Å². The van der Waals surface area contributed by atoms with E-state index in [2.05, 4.69) is 30.5 Å². The Kier molecular flexibility index (Phi) is 4.54. The molecule has 0 aliphatic carbocycles. The van der Waals surface area contributed by atoms with Crippen molar-refractivity contribution in [2.45, 2.75) is 13.0 Å². The van der Waals surface area contributed by atoms with E-state index in [1.54, 1.807) is 16.8 Å². The number of hydrogen-bond donors (Lipinski definition) is 1. The normalized spacial score (nSPS) is 11.5. The highest BCUT2D eigenvalue weighted by atomic mass is 19.3. The summed E-state index contributed by atoms with van der Waals surface area (Å²) in [5.74, 6) is -0.225. The maximum atomic E-state index is 12.6. The minimum absolute atomic E-state index is 0.0469. The van der Waals surface area contributed by atoms with Crippen molar-refractivity contribution >= 4 is 16.7 Å². The number of halogens is 2. The molecule has 2 aromatic carbocycles. The standard InChI is InChI=1S/C20H14F2N8O/c21-17(22)20-28-27-19(31-20)12-3-1-11(2-4-12)8-30-9-16(26-29-30)13-5-6-14-15(7-13)24-10-25-18(14)23/h1-7,9-10,17H,8H2,(H2,23,24,25). The van der Waals surface area contributed by atoms with E-state index >= 15 is 0 Å². The Morgan fingerprint density at radius 2 is 1.77 bits per heavy atom. The third-order valence-electron chi connectivity index (χ3n) is 4.67. The van der Waals surface area contributed by atoms with Crippen molar-refractivity contribution in [2.24, 2.45) is 0 Å². The zero-order valence-electron chi connectivity index (χ0n) is 15.9. The summed E-state index contributed by atoms with van der Waals surface area (Å²) in [7, 11) is 0. The number of rotatable bonds is 5. The molecule has 0 atom stereocenters. The van der Waals surface area contributed by atoms with Crippen LogP contribution >= 0.6 is 0 Å². The number of aromatic nitrogens is 7. The molecule has 5 aromatic rings. The van der Waals surface area contributed by atoms with Crippen LogP contribution in [0.4, 0.5) is 14.6 Å². The lowest BCUT2D eigenvalue weighted by Crippen LogP contribution is -2.00. The third kappa shape index (κ3) is 3.68. The Morgan fingerprint density at radius 1 is 0.968 bits per heavy atom. The van der Waals surface area contributed by atoms with Crippen LogP contribution in [-0.4, -0.2) is 35.2 Å². The van der Waals surface area contributed by atoms with Crippen LogP contribution in [0.2, 0.25) is 0 Å². The lowest BCUT2D eigenvalue weighted by molar-refractivity contribution is 0.116. The molecule has 11 heteroatoms. The molecule has 154 valence electrons. The molecule has 0 bridgehead atoms. The molecule has 0 saturated heterocycles. The van der Waals surface area contributed by atoms with Crippen LogP contribution in [-0.2, 0) is 6.54 Å². The number of nitrogens with two attached hydrogens (primary N) is 1. The van der Waals surface area contributed by atoms with Crippen molar-refractivity contribution in [1.29, 1.82) is 0 Å². The second-order valence-electron chi connectivity index (χ2n) is 6.74. The fraction of sp³-hybridized carbons (Fsp3) is 0.100. The predicted octanol–water partition coefficient (Wildman–Crippen LogP) is 3.51. The monoisotopic (exact) mass is 420 g/mol. The number of nitrogen functional groups attached to an aromatic ring is 1. The van der Waals surface area contributed by atoms with E-state index < -0.39 is 12.3 Å². The Labute approximate surface area is 173 Å². The largest absolute Gasteiger partial charge is 0.415 e. The van der Waals surface area contributed by atoms with Crippen molar-refractivity contribution in [3.05, 3.63) is 66.4 Å². The Balaban J connectivity index is 1.33. The number of alkyl halides is 2. The number of fused-ring (bicyclic) bond motifs is 1. The van der Waals surface area contributed by atoms with Gasteiger partial charge in [-0.25, -0.2) is 14.6 Å². The van der Waals surface area contributed by atoms with Gasteiger partial charge in [0.15, 0.2) is 0 Å². The van der Waals surface area contributed by atoms with Gasteiger partial charge in [0.05, 0.1) is 18.3 Å². The topological polar surface area (TPSA) is 121 Å². The van der Waals surface area contributed by atoms with Crippen LogP contribution < -0.4 is 5.73 Å². The van der Waals surface area contributed by atoms with Crippen molar-refractivity contribution in [3.63, 3.8) is 0 Å². The van der Waals surface area contributed by atoms with Crippen LogP contribution in [0.15, 0.2) is 59.4 Å². The zero-order chi connectivity index (χ0) is 21.4. The molecule has 0 aliphatic rings. The molecule has 2 N–H and O–H groups in total. The Hall–Kier alpha value is -4.28. The van der Waals surface area contributed by atoms with Gasteiger partial charge in [0, 0.05) is 16.5 Å². The summed E-state index contributed by atoms with van der Waals surface area (Å²) in [4.78, 5) is 8.23. The average Bonchev–Trinajstić information content (AvgIpc) is 3.44. The molecule has 31 heavy (non-hydrogen) atoms. The second kappa shape index (κ2) is 7.52. The van der Waals surface area contributed by atoms with Crippen molar-refractivity contribution < 1.29 is 13.2 Å². The first-order valence-electron chi connectivity index (χ1n) is 9.18. The average molecular weight is 420 g/mol. The molecule has 3 heterocycles. The molecular weight excluding hydrogens is 406 g/mol. The van der Waals surface area contributed by atoms with Gasteiger partial charge in [-0.1, -0.05) is 23.4 Å². The van der Waals surface area contributed by atoms with Gasteiger partial charge >= 0.3 is 6.43 Å². The molecule has 0 amide bonds. The highest BCUT2D eigenvalue weighted by Crippen LogP contribution is 2.25. The second-order valence-corrected chi connectivity index (χ2v) is 6.74. The quantitative estimate of drug-likeness (QED) is 0.458.